The number of nitro groups is 1. The first-order valence-corrected chi connectivity index (χ1v) is 9.71. The Labute approximate surface area is 143 Å². The summed E-state index contributed by atoms with van der Waals surface area (Å²) in [7, 11) is -3.77. The lowest BCUT2D eigenvalue weighted by Crippen LogP contribution is -2.46. The molecule has 0 atom stereocenters. The highest BCUT2D eigenvalue weighted by Crippen LogP contribution is 2.30. The van der Waals surface area contributed by atoms with Crippen LogP contribution in [0.5, 0.6) is 0 Å². The van der Waals surface area contributed by atoms with Crippen LogP contribution in [-0.4, -0.2) is 43.3 Å². The van der Waals surface area contributed by atoms with Gasteiger partial charge in [-0.15, -0.1) is 0 Å². The zero-order chi connectivity index (χ0) is 17.9. The molecule has 0 unspecified atom stereocenters. The summed E-state index contributed by atoms with van der Waals surface area (Å²) in [5.41, 5.74) is 0.870. The molecule has 1 fully saturated rings. The molecule has 1 saturated heterocycles. The van der Waals surface area contributed by atoms with Crippen LogP contribution in [0.15, 0.2) is 17.0 Å². The number of piperidine rings is 1. The van der Waals surface area contributed by atoms with Gasteiger partial charge in [-0.2, -0.15) is 4.31 Å². The molecule has 7 nitrogen and oxygen atoms in total. The van der Waals surface area contributed by atoms with Gasteiger partial charge in [-0.1, -0.05) is 6.92 Å². The van der Waals surface area contributed by atoms with Crippen LogP contribution in [0.2, 0.25) is 0 Å². The molecule has 1 aliphatic rings. The van der Waals surface area contributed by atoms with Gasteiger partial charge in [0.2, 0.25) is 10.0 Å². The lowest BCUT2D eigenvalue weighted by Gasteiger charge is -2.34. The van der Waals surface area contributed by atoms with Gasteiger partial charge < -0.3 is 5.32 Å². The third-order valence-corrected chi connectivity index (χ3v) is 6.53. The molecule has 1 heterocycles. The van der Waals surface area contributed by atoms with Crippen LogP contribution >= 0.6 is 0 Å². The van der Waals surface area contributed by atoms with E-state index in [0.717, 1.165) is 25.9 Å². The van der Waals surface area contributed by atoms with Crippen LogP contribution < -0.4 is 5.32 Å². The molecule has 0 bridgehead atoms. The number of hydrogen-bond donors (Lipinski definition) is 1. The van der Waals surface area contributed by atoms with Crippen LogP contribution in [0, 0.1) is 24.0 Å². The first kappa shape index (κ1) is 18.8. The van der Waals surface area contributed by atoms with Crippen LogP contribution in [0.4, 0.5) is 5.69 Å². The summed E-state index contributed by atoms with van der Waals surface area (Å²) >= 11 is 0. The molecule has 1 aromatic rings. The number of aryl methyl sites for hydroxylation is 2. The molecule has 0 aliphatic carbocycles. The van der Waals surface area contributed by atoms with Crippen molar-refractivity contribution in [2.24, 2.45) is 0 Å². The van der Waals surface area contributed by atoms with E-state index in [1.54, 1.807) is 19.9 Å². The summed E-state index contributed by atoms with van der Waals surface area (Å²) in [6, 6.07) is 2.73. The fourth-order valence-electron chi connectivity index (χ4n) is 3.24. The predicted molar refractivity (Wildman–Crippen MR) is 92.6 cm³/mol. The maximum atomic E-state index is 13.2. The minimum atomic E-state index is -3.77. The van der Waals surface area contributed by atoms with E-state index in [1.807, 2.05) is 6.92 Å². The van der Waals surface area contributed by atoms with Crippen LogP contribution in [-0.2, 0) is 10.0 Å². The Hall–Kier alpha value is -1.51. The first-order chi connectivity index (χ1) is 11.3. The van der Waals surface area contributed by atoms with E-state index in [4.69, 9.17) is 0 Å². The lowest BCUT2D eigenvalue weighted by atomic mass is 10.1. The topological polar surface area (TPSA) is 92.6 Å². The quantitative estimate of drug-likeness (QED) is 0.625. The third kappa shape index (κ3) is 3.76. The molecule has 0 aromatic heterocycles. The minimum Gasteiger partial charge on any atom is -0.317 e. The van der Waals surface area contributed by atoms with E-state index in [2.05, 4.69) is 5.32 Å². The van der Waals surface area contributed by atoms with Crippen molar-refractivity contribution in [1.29, 1.82) is 0 Å². The molecule has 0 saturated carbocycles. The normalized spacial score (nSPS) is 16.5. The van der Waals surface area contributed by atoms with E-state index in [-0.39, 0.29) is 16.6 Å². The highest BCUT2D eigenvalue weighted by atomic mass is 32.2. The van der Waals surface area contributed by atoms with E-state index in [9.17, 15) is 18.5 Å². The van der Waals surface area contributed by atoms with Crippen LogP contribution in [0.25, 0.3) is 0 Å². The van der Waals surface area contributed by atoms with Gasteiger partial charge in [0.15, 0.2) is 0 Å². The Morgan fingerprint density at radius 1 is 1.25 bits per heavy atom. The number of hydrogen-bond acceptors (Lipinski definition) is 5. The molecule has 0 amide bonds. The summed E-state index contributed by atoms with van der Waals surface area (Å²) in [6.07, 6.45) is 2.22. The van der Waals surface area contributed by atoms with Crippen molar-refractivity contribution in [2.75, 3.05) is 19.6 Å². The van der Waals surface area contributed by atoms with Crippen molar-refractivity contribution in [3.05, 3.63) is 33.4 Å². The smallest absolute Gasteiger partial charge is 0.273 e. The zero-order valence-corrected chi connectivity index (χ0v) is 15.2. The summed E-state index contributed by atoms with van der Waals surface area (Å²) in [5.74, 6) is 0. The Bertz CT molecular complexity index is 712. The highest BCUT2D eigenvalue weighted by molar-refractivity contribution is 7.89. The summed E-state index contributed by atoms with van der Waals surface area (Å²) in [4.78, 5) is 10.7. The molecular weight excluding hydrogens is 330 g/mol. The van der Waals surface area contributed by atoms with Gasteiger partial charge in [-0.25, -0.2) is 8.42 Å². The number of nitrogens with one attached hydrogen (secondary N) is 1. The fraction of sp³-hybridized carbons (Fsp3) is 0.625. The van der Waals surface area contributed by atoms with Gasteiger partial charge in [0, 0.05) is 24.2 Å². The fourth-order valence-corrected chi connectivity index (χ4v) is 5.24. The average Bonchev–Trinajstić information content (AvgIpc) is 2.52. The number of rotatable bonds is 6. The molecule has 24 heavy (non-hydrogen) atoms. The third-order valence-electron chi connectivity index (χ3n) is 4.44. The van der Waals surface area contributed by atoms with Gasteiger partial charge in [-0.05, 0) is 57.8 Å². The summed E-state index contributed by atoms with van der Waals surface area (Å²) < 4.78 is 28.0. The average molecular weight is 355 g/mol. The molecule has 8 heteroatoms. The molecule has 2 rings (SSSR count). The number of nitro benzene ring substituents is 1. The van der Waals surface area contributed by atoms with E-state index in [0.29, 0.717) is 24.1 Å². The van der Waals surface area contributed by atoms with Gasteiger partial charge in [0.05, 0.1) is 9.82 Å². The predicted octanol–water partition coefficient (Wildman–Crippen LogP) is 2.36. The second-order valence-electron chi connectivity index (χ2n) is 6.26. The summed E-state index contributed by atoms with van der Waals surface area (Å²) in [5, 5.41) is 14.4. The van der Waals surface area contributed by atoms with E-state index >= 15 is 0 Å². The van der Waals surface area contributed by atoms with Crippen molar-refractivity contribution < 1.29 is 13.3 Å². The van der Waals surface area contributed by atoms with Crippen molar-refractivity contribution in [2.45, 2.75) is 51.0 Å². The van der Waals surface area contributed by atoms with E-state index < -0.39 is 14.9 Å². The molecular formula is C16H25N3O4S. The molecule has 1 aliphatic heterocycles. The van der Waals surface area contributed by atoms with Crippen molar-refractivity contribution in [3.8, 4) is 0 Å². The number of nitrogens with zero attached hydrogens (tertiary/aromatic N) is 2. The molecule has 0 spiro atoms. The van der Waals surface area contributed by atoms with Crippen molar-refractivity contribution in [3.63, 3.8) is 0 Å². The monoisotopic (exact) mass is 355 g/mol. The van der Waals surface area contributed by atoms with Crippen LogP contribution in [0.1, 0.15) is 37.3 Å². The van der Waals surface area contributed by atoms with Gasteiger partial charge in [0.25, 0.3) is 5.69 Å². The Morgan fingerprint density at radius 2 is 1.88 bits per heavy atom. The SMILES string of the molecule is CCCN(C1CCNCC1)S(=O)(=O)c1cc([N+](=O)[O-])c(C)cc1C. The maximum Gasteiger partial charge on any atom is 0.273 e. The number of sulfonamides is 1. The minimum absolute atomic E-state index is 0.0479. The van der Waals surface area contributed by atoms with Gasteiger partial charge in [0.1, 0.15) is 0 Å². The van der Waals surface area contributed by atoms with E-state index in [1.165, 1.54) is 10.4 Å². The molecule has 1 aromatic carbocycles. The van der Waals surface area contributed by atoms with Gasteiger partial charge in [-0.3, -0.25) is 10.1 Å². The maximum absolute atomic E-state index is 13.2. The Morgan fingerprint density at radius 3 is 2.42 bits per heavy atom. The second kappa shape index (κ2) is 7.58. The van der Waals surface area contributed by atoms with Crippen LogP contribution in [0.3, 0.4) is 0 Å². The summed E-state index contributed by atoms with van der Waals surface area (Å²) in [6.45, 7) is 7.25. The Kier molecular flexibility index (Phi) is 5.95. The van der Waals surface area contributed by atoms with Crippen molar-refractivity contribution in [1.82, 2.24) is 9.62 Å². The van der Waals surface area contributed by atoms with Gasteiger partial charge >= 0.3 is 0 Å². The largest absolute Gasteiger partial charge is 0.317 e. The molecule has 1 N–H and O–H groups in total. The number of benzene rings is 1. The zero-order valence-electron chi connectivity index (χ0n) is 14.4. The first-order valence-electron chi connectivity index (χ1n) is 8.27. The molecule has 134 valence electrons. The second-order valence-corrected chi connectivity index (χ2v) is 8.12. The lowest BCUT2D eigenvalue weighted by molar-refractivity contribution is -0.385. The Balaban J connectivity index is 2.50. The van der Waals surface area contributed by atoms with Crippen molar-refractivity contribution >= 4 is 15.7 Å². The highest BCUT2D eigenvalue weighted by Gasteiger charge is 2.34. The molecule has 0 radical (unpaired) electrons. The standard InChI is InChI=1S/C16H25N3O4S/c1-4-9-18(14-5-7-17-8-6-14)24(22,23)16-11-15(19(20)21)12(2)10-13(16)3/h10-11,14,17H,4-9H2,1-3H3.